The number of halogens is 1. The first-order chi connectivity index (χ1) is 13.9. The molecule has 7 nitrogen and oxygen atoms in total. The summed E-state index contributed by atoms with van der Waals surface area (Å²) >= 11 is 5.76. The Hall–Kier alpha value is -2.93. The zero-order valence-electron chi connectivity index (χ0n) is 16.0. The Morgan fingerprint density at radius 3 is 2.72 bits per heavy atom. The van der Waals surface area contributed by atoms with Crippen molar-refractivity contribution in [1.29, 1.82) is 0 Å². The lowest BCUT2D eigenvalue weighted by molar-refractivity contribution is -0.157. The molecule has 8 heteroatoms. The van der Waals surface area contributed by atoms with Crippen molar-refractivity contribution in [3.63, 3.8) is 0 Å². The molecule has 2 aromatic rings. The number of benzene rings is 1. The Bertz CT molecular complexity index is 873. The third-order valence-electron chi connectivity index (χ3n) is 4.70. The highest BCUT2D eigenvalue weighted by Crippen LogP contribution is 2.20. The third kappa shape index (κ3) is 5.77. The first-order valence-corrected chi connectivity index (χ1v) is 9.75. The van der Waals surface area contributed by atoms with Crippen molar-refractivity contribution >= 4 is 35.2 Å². The minimum absolute atomic E-state index is 0.0784. The number of anilines is 1. The fourth-order valence-corrected chi connectivity index (χ4v) is 3.17. The summed E-state index contributed by atoms with van der Waals surface area (Å²) in [7, 11) is 0. The van der Waals surface area contributed by atoms with E-state index >= 15 is 0 Å². The molecular weight excluding hydrogens is 394 g/mol. The minimum atomic E-state index is -1.01. The lowest BCUT2D eigenvalue weighted by Gasteiger charge is -2.18. The second kappa shape index (κ2) is 9.52. The van der Waals surface area contributed by atoms with Gasteiger partial charge in [-0.3, -0.25) is 14.4 Å². The molecule has 2 heterocycles. The maximum absolute atomic E-state index is 12.4. The largest absolute Gasteiger partial charge is 0.452 e. The van der Waals surface area contributed by atoms with E-state index in [0.717, 1.165) is 12.0 Å². The van der Waals surface area contributed by atoms with Gasteiger partial charge in [0.2, 0.25) is 5.91 Å². The Kier molecular flexibility index (Phi) is 6.82. The Labute approximate surface area is 174 Å². The molecule has 1 aromatic heterocycles. The molecule has 0 unspecified atom stereocenters. The molecule has 1 fully saturated rings. The van der Waals surface area contributed by atoms with Crippen LogP contribution in [0, 0.1) is 5.92 Å². The molecule has 1 aliphatic heterocycles. The van der Waals surface area contributed by atoms with E-state index in [2.05, 4.69) is 10.3 Å². The first kappa shape index (κ1) is 20.8. The maximum Gasteiger partial charge on any atom is 0.312 e. The van der Waals surface area contributed by atoms with E-state index in [4.69, 9.17) is 16.3 Å². The van der Waals surface area contributed by atoms with E-state index in [-0.39, 0.29) is 12.3 Å². The summed E-state index contributed by atoms with van der Waals surface area (Å²) in [5, 5.41) is 3.01. The van der Waals surface area contributed by atoms with Crippen molar-refractivity contribution in [2.24, 2.45) is 5.92 Å². The number of amides is 2. The number of nitrogens with one attached hydrogen (secondary N) is 1. The predicted octanol–water partition coefficient (Wildman–Crippen LogP) is 2.70. The van der Waals surface area contributed by atoms with Gasteiger partial charge in [-0.25, -0.2) is 4.98 Å². The lowest BCUT2D eigenvalue weighted by atomic mass is 10.1. The quantitative estimate of drug-likeness (QED) is 0.702. The van der Waals surface area contributed by atoms with Crippen molar-refractivity contribution in [3.05, 3.63) is 59.2 Å². The van der Waals surface area contributed by atoms with Crippen LogP contribution in [0.1, 0.15) is 18.9 Å². The zero-order valence-corrected chi connectivity index (χ0v) is 16.8. The molecule has 0 spiro atoms. The van der Waals surface area contributed by atoms with E-state index in [1.165, 1.54) is 13.1 Å². The van der Waals surface area contributed by atoms with Gasteiger partial charge in [0.05, 0.1) is 10.9 Å². The number of carbonyl (C=O) groups is 3. The van der Waals surface area contributed by atoms with Gasteiger partial charge in [0.1, 0.15) is 5.82 Å². The van der Waals surface area contributed by atoms with Gasteiger partial charge in [-0.15, -0.1) is 0 Å². The monoisotopic (exact) mass is 415 g/mol. The number of hydrogen-bond donors (Lipinski definition) is 1. The predicted molar refractivity (Wildman–Crippen MR) is 108 cm³/mol. The van der Waals surface area contributed by atoms with Crippen LogP contribution in [0.15, 0.2) is 48.7 Å². The van der Waals surface area contributed by atoms with Gasteiger partial charge in [-0.1, -0.05) is 41.9 Å². The number of hydrogen-bond acceptors (Lipinski definition) is 5. The lowest BCUT2D eigenvalue weighted by Crippen LogP contribution is -2.33. The molecule has 1 N–H and O–H groups in total. The molecule has 2 atom stereocenters. The number of pyridine rings is 1. The van der Waals surface area contributed by atoms with Crippen LogP contribution in [0.25, 0.3) is 0 Å². The molecule has 0 aliphatic carbocycles. The number of nitrogens with zero attached hydrogens (tertiary/aromatic N) is 2. The van der Waals surface area contributed by atoms with E-state index in [1.807, 2.05) is 30.3 Å². The molecule has 1 saturated heterocycles. The highest BCUT2D eigenvalue weighted by Gasteiger charge is 2.36. The smallest absolute Gasteiger partial charge is 0.312 e. The van der Waals surface area contributed by atoms with Crippen molar-refractivity contribution < 1.29 is 19.1 Å². The number of rotatable bonds is 7. The maximum atomic E-state index is 12.4. The molecule has 152 valence electrons. The summed E-state index contributed by atoms with van der Waals surface area (Å²) in [4.78, 5) is 42.5. The Morgan fingerprint density at radius 1 is 1.28 bits per heavy atom. The van der Waals surface area contributed by atoms with Gasteiger partial charge in [-0.2, -0.15) is 0 Å². The van der Waals surface area contributed by atoms with Crippen LogP contribution in [0.3, 0.4) is 0 Å². The normalized spacial score (nSPS) is 17.1. The molecule has 0 bridgehead atoms. The molecule has 29 heavy (non-hydrogen) atoms. The van der Waals surface area contributed by atoms with Gasteiger partial charge in [-0.05, 0) is 31.0 Å². The minimum Gasteiger partial charge on any atom is -0.452 e. The summed E-state index contributed by atoms with van der Waals surface area (Å²) in [6.45, 7) is 2.33. The average molecular weight is 416 g/mol. The van der Waals surface area contributed by atoms with Gasteiger partial charge in [0.25, 0.3) is 5.91 Å². The first-order valence-electron chi connectivity index (χ1n) is 9.37. The highest BCUT2D eigenvalue weighted by atomic mass is 35.5. The summed E-state index contributed by atoms with van der Waals surface area (Å²) in [6.07, 6.45) is 1.22. The second-order valence-electron chi connectivity index (χ2n) is 6.91. The van der Waals surface area contributed by atoms with Crippen molar-refractivity contribution in [2.75, 3.05) is 18.4 Å². The van der Waals surface area contributed by atoms with Crippen molar-refractivity contribution in [2.45, 2.75) is 25.9 Å². The molecule has 1 aromatic carbocycles. The highest BCUT2D eigenvalue weighted by molar-refractivity contribution is 6.30. The number of esters is 1. The second-order valence-corrected chi connectivity index (χ2v) is 7.34. The Balaban J connectivity index is 1.47. The van der Waals surface area contributed by atoms with Gasteiger partial charge in [0.15, 0.2) is 6.10 Å². The fourth-order valence-electron chi connectivity index (χ4n) is 3.06. The Morgan fingerprint density at radius 2 is 2.03 bits per heavy atom. The van der Waals surface area contributed by atoms with Gasteiger partial charge in [0, 0.05) is 25.7 Å². The number of ether oxygens (including phenoxy) is 1. The molecule has 0 saturated carbocycles. The number of carbonyl (C=O) groups excluding carboxylic acids is 3. The van der Waals surface area contributed by atoms with E-state index in [9.17, 15) is 14.4 Å². The van der Waals surface area contributed by atoms with Crippen LogP contribution in [0.2, 0.25) is 5.02 Å². The topological polar surface area (TPSA) is 88.6 Å². The molecular formula is C21H22ClN3O4. The van der Waals surface area contributed by atoms with Crippen LogP contribution < -0.4 is 5.32 Å². The summed E-state index contributed by atoms with van der Waals surface area (Å²) in [5.41, 5.74) is 1.13. The molecule has 1 aliphatic rings. The number of likely N-dealkylation sites (tertiary alicyclic amines) is 1. The third-order valence-corrected chi connectivity index (χ3v) is 4.93. The van der Waals surface area contributed by atoms with Gasteiger partial charge >= 0.3 is 5.97 Å². The van der Waals surface area contributed by atoms with Crippen LogP contribution >= 0.6 is 11.6 Å². The van der Waals surface area contributed by atoms with Crippen molar-refractivity contribution in [1.82, 2.24) is 9.88 Å². The summed E-state index contributed by atoms with van der Waals surface area (Å²) < 4.78 is 5.27. The zero-order chi connectivity index (χ0) is 20.8. The molecule has 2 amide bonds. The van der Waals surface area contributed by atoms with Crippen LogP contribution in [0.4, 0.5) is 5.82 Å². The standard InChI is InChI=1S/C21H22ClN3O4/c1-14(20(27)24-18-8-7-17(22)12-23-18)29-21(28)16-11-19(26)25(13-16)10-9-15-5-3-2-4-6-15/h2-8,12,14,16H,9-11,13H2,1H3,(H,23,24,27)/t14-,16+/m1/s1. The van der Waals surface area contributed by atoms with E-state index in [1.54, 1.807) is 17.0 Å². The van der Waals surface area contributed by atoms with Crippen molar-refractivity contribution in [3.8, 4) is 0 Å². The van der Waals surface area contributed by atoms with Crippen LogP contribution in [-0.4, -0.2) is 46.9 Å². The summed E-state index contributed by atoms with van der Waals surface area (Å²) in [5.74, 6) is -1.39. The van der Waals surface area contributed by atoms with E-state index in [0.29, 0.717) is 23.9 Å². The van der Waals surface area contributed by atoms with Crippen LogP contribution in [-0.2, 0) is 25.5 Å². The van der Waals surface area contributed by atoms with Crippen LogP contribution in [0.5, 0.6) is 0 Å². The average Bonchev–Trinajstić information content (AvgIpc) is 3.09. The molecule has 0 radical (unpaired) electrons. The number of aromatic nitrogens is 1. The fraction of sp³-hybridized carbons (Fsp3) is 0.333. The SMILES string of the molecule is C[C@@H](OC(=O)[C@H]1CC(=O)N(CCc2ccccc2)C1)C(=O)Nc1ccc(Cl)cn1. The van der Waals surface area contributed by atoms with Gasteiger partial charge < -0.3 is 15.0 Å². The summed E-state index contributed by atoms with van der Waals surface area (Å²) in [6, 6.07) is 13.0. The van der Waals surface area contributed by atoms with E-state index < -0.39 is 23.9 Å². The molecule has 3 rings (SSSR count).